The second-order valence-electron chi connectivity index (χ2n) is 4.35. The molecule has 1 atom stereocenters. The van der Waals surface area contributed by atoms with Gasteiger partial charge in [-0.1, -0.05) is 6.92 Å². The van der Waals surface area contributed by atoms with Crippen molar-refractivity contribution in [3.05, 3.63) is 34.1 Å². The van der Waals surface area contributed by atoms with E-state index in [-0.39, 0.29) is 29.6 Å². The SMILES string of the molecule is CC(CN)CCC(=O)Nc1cc([N+](=O)[O-])ccc1F. The van der Waals surface area contributed by atoms with Gasteiger partial charge in [-0.2, -0.15) is 0 Å². The van der Waals surface area contributed by atoms with Gasteiger partial charge in [0, 0.05) is 18.6 Å². The number of carbonyl (C=O) groups is 1. The average Bonchev–Trinajstić information content (AvgIpc) is 2.38. The molecule has 1 aromatic carbocycles. The minimum absolute atomic E-state index is 0.181. The fraction of sp³-hybridized carbons (Fsp3) is 0.417. The number of benzene rings is 1. The topological polar surface area (TPSA) is 98.3 Å². The first kappa shape index (κ1) is 15.0. The number of hydrogen-bond acceptors (Lipinski definition) is 4. The predicted molar refractivity (Wildman–Crippen MR) is 69.1 cm³/mol. The summed E-state index contributed by atoms with van der Waals surface area (Å²) in [5.41, 5.74) is 4.97. The molecule has 0 saturated carbocycles. The number of nitro groups is 1. The first-order chi connectivity index (χ1) is 8.93. The van der Waals surface area contributed by atoms with Crippen molar-refractivity contribution in [2.45, 2.75) is 19.8 Å². The third kappa shape index (κ3) is 4.63. The Morgan fingerprint density at radius 1 is 1.58 bits per heavy atom. The lowest BCUT2D eigenvalue weighted by Gasteiger charge is -2.09. The number of carbonyl (C=O) groups excluding carboxylic acids is 1. The molecule has 0 heterocycles. The zero-order chi connectivity index (χ0) is 14.4. The zero-order valence-electron chi connectivity index (χ0n) is 10.6. The van der Waals surface area contributed by atoms with Crippen LogP contribution in [0, 0.1) is 21.8 Å². The molecule has 0 aliphatic carbocycles. The minimum atomic E-state index is -0.703. The Balaban J connectivity index is 2.68. The van der Waals surface area contributed by atoms with E-state index in [2.05, 4.69) is 5.32 Å². The van der Waals surface area contributed by atoms with Crippen LogP contribution in [0.3, 0.4) is 0 Å². The van der Waals surface area contributed by atoms with Crippen molar-refractivity contribution >= 4 is 17.3 Å². The molecule has 0 fully saturated rings. The standard InChI is InChI=1S/C12H16FN3O3/c1-8(7-14)2-5-12(17)15-11-6-9(16(18)19)3-4-10(11)13/h3-4,6,8H,2,5,7,14H2,1H3,(H,15,17). The van der Waals surface area contributed by atoms with Crippen LogP contribution in [-0.4, -0.2) is 17.4 Å². The summed E-state index contributed by atoms with van der Waals surface area (Å²) in [6, 6.07) is 3.00. The highest BCUT2D eigenvalue weighted by atomic mass is 19.1. The molecule has 19 heavy (non-hydrogen) atoms. The van der Waals surface area contributed by atoms with Crippen molar-refractivity contribution in [1.29, 1.82) is 0 Å². The van der Waals surface area contributed by atoms with Crippen LogP contribution in [0.4, 0.5) is 15.8 Å². The van der Waals surface area contributed by atoms with Crippen molar-refractivity contribution in [2.75, 3.05) is 11.9 Å². The lowest BCUT2D eigenvalue weighted by molar-refractivity contribution is -0.384. The Labute approximate surface area is 109 Å². The number of nitrogens with two attached hydrogens (primary N) is 1. The molecule has 1 unspecified atom stereocenters. The van der Waals surface area contributed by atoms with Gasteiger partial charge in [-0.3, -0.25) is 14.9 Å². The maximum absolute atomic E-state index is 13.4. The molecule has 0 aliphatic rings. The van der Waals surface area contributed by atoms with Crippen LogP contribution in [0.15, 0.2) is 18.2 Å². The number of nitrogens with one attached hydrogen (secondary N) is 1. The van der Waals surface area contributed by atoms with E-state index in [1.54, 1.807) is 0 Å². The number of hydrogen-bond donors (Lipinski definition) is 2. The number of rotatable bonds is 6. The molecule has 0 radical (unpaired) electrons. The quantitative estimate of drug-likeness (QED) is 0.610. The van der Waals surface area contributed by atoms with Gasteiger partial charge in [0.2, 0.25) is 5.91 Å². The molecule has 0 spiro atoms. The number of nitro benzene ring substituents is 1. The lowest BCUT2D eigenvalue weighted by Crippen LogP contribution is -2.17. The van der Waals surface area contributed by atoms with Gasteiger partial charge in [-0.15, -0.1) is 0 Å². The molecule has 0 saturated heterocycles. The van der Waals surface area contributed by atoms with E-state index in [1.807, 2.05) is 6.92 Å². The van der Waals surface area contributed by atoms with Crippen molar-refractivity contribution in [1.82, 2.24) is 0 Å². The molecule has 7 heteroatoms. The van der Waals surface area contributed by atoms with E-state index in [0.29, 0.717) is 13.0 Å². The lowest BCUT2D eigenvalue weighted by atomic mass is 10.1. The van der Waals surface area contributed by atoms with Crippen LogP contribution in [-0.2, 0) is 4.79 Å². The Hall–Kier alpha value is -2.02. The van der Waals surface area contributed by atoms with Crippen LogP contribution >= 0.6 is 0 Å². The predicted octanol–water partition coefficient (Wildman–Crippen LogP) is 2.05. The van der Waals surface area contributed by atoms with Gasteiger partial charge in [0.25, 0.3) is 5.69 Å². The fourth-order valence-corrected chi connectivity index (χ4v) is 1.43. The summed E-state index contributed by atoms with van der Waals surface area (Å²) in [4.78, 5) is 21.5. The molecular weight excluding hydrogens is 253 g/mol. The zero-order valence-corrected chi connectivity index (χ0v) is 10.6. The second-order valence-corrected chi connectivity index (χ2v) is 4.35. The van der Waals surface area contributed by atoms with E-state index in [1.165, 1.54) is 0 Å². The molecule has 3 N–H and O–H groups in total. The number of halogens is 1. The summed E-state index contributed by atoms with van der Waals surface area (Å²) in [5, 5.41) is 12.9. The summed E-state index contributed by atoms with van der Waals surface area (Å²) in [6.07, 6.45) is 0.777. The highest BCUT2D eigenvalue weighted by Gasteiger charge is 2.13. The number of nitrogens with zero attached hydrogens (tertiary/aromatic N) is 1. The number of anilines is 1. The monoisotopic (exact) mass is 269 g/mol. The summed E-state index contributed by atoms with van der Waals surface area (Å²) in [6.45, 7) is 2.37. The highest BCUT2D eigenvalue weighted by molar-refractivity contribution is 5.91. The molecule has 0 aromatic heterocycles. The van der Waals surface area contributed by atoms with Crippen LogP contribution < -0.4 is 11.1 Å². The minimum Gasteiger partial charge on any atom is -0.330 e. The van der Waals surface area contributed by atoms with Crippen LogP contribution in [0.2, 0.25) is 0 Å². The summed E-state index contributed by atoms with van der Waals surface area (Å²) in [5.74, 6) is -0.897. The van der Waals surface area contributed by atoms with Gasteiger partial charge in [-0.05, 0) is 24.9 Å². The fourth-order valence-electron chi connectivity index (χ4n) is 1.43. The molecule has 104 valence electrons. The van der Waals surface area contributed by atoms with Gasteiger partial charge in [-0.25, -0.2) is 4.39 Å². The van der Waals surface area contributed by atoms with Crippen LogP contribution in [0.25, 0.3) is 0 Å². The normalized spacial score (nSPS) is 11.9. The molecule has 0 aliphatic heterocycles. The third-order valence-corrected chi connectivity index (χ3v) is 2.70. The maximum atomic E-state index is 13.4. The summed E-state index contributed by atoms with van der Waals surface area (Å²) < 4.78 is 13.4. The Morgan fingerprint density at radius 3 is 2.84 bits per heavy atom. The maximum Gasteiger partial charge on any atom is 0.271 e. The van der Waals surface area contributed by atoms with E-state index in [4.69, 9.17) is 5.73 Å². The van der Waals surface area contributed by atoms with Crippen molar-refractivity contribution in [3.63, 3.8) is 0 Å². The molecule has 0 bridgehead atoms. The molecule has 1 aromatic rings. The van der Waals surface area contributed by atoms with E-state index in [0.717, 1.165) is 18.2 Å². The summed E-state index contributed by atoms with van der Waals surface area (Å²) in [7, 11) is 0. The highest BCUT2D eigenvalue weighted by Crippen LogP contribution is 2.21. The Bertz CT molecular complexity index is 479. The van der Waals surface area contributed by atoms with Gasteiger partial charge < -0.3 is 11.1 Å². The molecule has 1 amide bonds. The third-order valence-electron chi connectivity index (χ3n) is 2.70. The number of non-ortho nitro benzene ring substituents is 1. The largest absolute Gasteiger partial charge is 0.330 e. The Kier molecular flexibility index (Phi) is 5.37. The van der Waals surface area contributed by atoms with Crippen LogP contribution in [0.1, 0.15) is 19.8 Å². The van der Waals surface area contributed by atoms with Gasteiger partial charge in [0.15, 0.2) is 0 Å². The number of amides is 1. The van der Waals surface area contributed by atoms with Crippen molar-refractivity contribution in [2.24, 2.45) is 11.7 Å². The average molecular weight is 269 g/mol. The Morgan fingerprint density at radius 2 is 2.26 bits per heavy atom. The first-order valence-electron chi connectivity index (χ1n) is 5.88. The second kappa shape index (κ2) is 6.79. The van der Waals surface area contributed by atoms with E-state index < -0.39 is 10.7 Å². The van der Waals surface area contributed by atoms with Crippen molar-refractivity contribution < 1.29 is 14.1 Å². The molecule has 6 nitrogen and oxygen atoms in total. The smallest absolute Gasteiger partial charge is 0.271 e. The summed E-state index contributed by atoms with van der Waals surface area (Å²) >= 11 is 0. The van der Waals surface area contributed by atoms with Gasteiger partial charge in [0.05, 0.1) is 10.6 Å². The van der Waals surface area contributed by atoms with Crippen molar-refractivity contribution in [3.8, 4) is 0 Å². The van der Waals surface area contributed by atoms with Crippen LogP contribution in [0.5, 0.6) is 0 Å². The first-order valence-corrected chi connectivity index (χ1v) is 5.88. The van der Waals surface area contributed by atoms with E-state index >= 15 is 0 Å². The van der Waals surface area contributed by atoms with E-state index in [9.17, 15) is 19.3 Å². The van der Waals surface area contributed by atoms with Gasteiger partial charge >= 0.3 is 0 Å². The van der Waals surface area contributed by atoms with Gasteiger partial charge in [0.1, 0.15) is 5.82 Å². The molecule has 1 rings (SSSR count). The molecular formula is C12H16FN3O3.